The predicted octanol–water partition coefficient (Wildman–Crippen LogP) is 5.05. The van der Waals surface area contributed by atoms with Gasteiger partial charge >= 0.3 is 0 Å². The van der Waals surface area contributed by atoms with Crippen LogP contribution in [0.15, 0.2) is 64.3 Å². The lowest BCUT2D eigenvalue weighted by Gasteiger charge is -2.24. The van der Waals surface area contributed by atoms with Crippen LogP contribution in [0.1, 0.15) is 51.5 Å². The molecule has 1 amide bonds. The summed E-state index contributed by atoms with van der Waals surface area (Å²) in [6, 6.07) is 16.3. The standard InChI is InChI=1S/C26H28N4O2/c1-4-8-24-28-25(9-5-2)30(3,29-24)20-14-12-18(13-15-20)21-11-7-6-10-19(21)16-22-23(31)17-26(32)27-22/h6-7,10-16H,4-5,8-9,17H2,1-3H3/p+1/b22-16-. The number of amidine groups is 2. The van der Waals surface area contributed by atoms with E-state index in [4.69, 9.17) is 10.1 Å². The van der Waals surface area contributed by atoms with E-state index in [2.05, 4.69) is 50.5 Å². The lowest BCUT2D eigenvalue weighted by Crippen LogP contribution is -2.43. The molecule has 32 heavy (non-hydrogen) atoms. The average molecular weight is 430 g/mol. The molecule has 6 nitrogen and oxygen atoms in total. The zero-order valence-electron chi connectivity index (χ0n) is 18.9. The first-order chi connectivity index (χ1) is 15.4. The van der Waals surface area contributed by atoms with Crippen LogP contribution in [0, 0.1) is 0 Å². The highest BCUT2D eigenvalue weighted by atomic mass is 16.2. The number of Topliss-reactive ketones (excluding diaryl/α,β-unsaturated/α-hetero) is 1. The van der Waals surface area contributed by atoms with Crippen molar-refractivity contribution in [2.75, 3.05) is 7.05 Å². The van der Waals surface area contributed by atoms with E-state index in [1.807, 2.05) is 24.3 Å². The number of carbonyl (C=O) groups is 2. The van der Waals surface area contributed by atoms with Gasteiger partial charge in [0.25, 0.3) is 0 Å². The number of quaternary nitrogens is 1. The van der Waals surface area contributed by atoms with Gasteiger partial charge in [0.15, 0.2) is 17.3 Å². The van der Waals surface area contributed by atoms with Crippen LogP contribution >= 0.6 is 0 Å². The fourth-order valence-corrected chi connectivity index (χ4v) is 4.19. The Hall–Kier alpha value is -3.38. The van der Waals surface area contributed by atoms with Crippen LogP contribution in [0.4, 0.5) is 5.69 Å². The van der Waals surface area contributed by atoms with Crippen molar-refractivity contribution < 1.29 is 9.59 Å². The SMILES string of the molecule is CCCC1=N[N+](C)(c2ccc(-c3ccccc3/C=C3\NC(=O)CC3=O)cc2)C(CCC)=N1. The maximum atomic E-state index is 12.0. The molecule has 0 aromatic heterocycles. The summed E-state index contributed by atoms with van der Waals surface area (Å²) in [5, 5.41) is 7.60. The summed E-state index contributed by atoms with van der Waals surface area (Å²) >= 11 is 0. The molecule has 4 rings (SSSR count). The van der Waals surface area contributed by atoms with Crippen molar-refractivity contribution in [3.05, 3.63) is 59.8 Å². The summed E-state index contributed by atoms with van der Waals surface area (Å²) in [6.07, 6.45) is 5.52. The first-order valence-corrected chi connectivity index (χ1v) is 11.2. The normalized spacial score (nSPS) is 21.7. The Balaban J connectivity index is 1.67. The van der Waals surface area contributed by atoms with Gasteiger partial charge in [-0.3, -0.25) is 9.59 Å². The fraction of sp³-hybridized carbons (Fsp3) is 0.308. The van der Waals surface area contributed by atoms with Crippen LogP contribution < -0.4 is 9.91 Å². The Morgan fingerprint density at radius 3 is 2.38 bits per heavy atom. The first-order valence-electron chi connectivity index (χ1n) is 11.2. The number of carbonyl (C=O) groups excluding carboxylic acids is 2. The maximum Gasteiger partial charge on any atom is 0.236 e. The molecule has 1 unspecified atom stereocenters. The molecule has 1 N–H and O–H groups in total. The van der Waals surface area contributed by atoms with Crippen molar-refractivity contribution in [2.24, 2.45) is 10.1 Å². The summed E-state index contributed by atoms with van der Waals surface area (Å²) in [4.78, 5) is 28.4. The van der Waals surface area contributed by atoms with Gasteiger partial charge in [-0.25, -0.2) is 0 Å². The van der Waals surface area contributed by atoms with Crippen LogP contribution in [0.3, 0.4) is 0 Å². The van der Waals surface area contributed by atoms with Crippen LogP contribution in [0.5, 0.6) is 0 Å². The number of amides is 1. The summed E-state index contributed by atoms with van der Waals surface area (Å²) in [7, 11) is 2.10. The molecule has 164 valence electrons. The minimum Gasteiger partial charge on any atom is -0.323 e. The van der Waals surface area contributed by atoms with E-state index in [0.29, 0.717) is 10.3 Å². The van der Waals surface area contributed by atoms with Crippen molar-refractivity contribution in [2.45, 2.75) is 46.0 Å². The Labute approximate surface area is 188 Å². The lowest BCUT2D eigenvalue weighted by atomic mass is 9.98. The maximum absolute atomic E-state index is 12.0. The Kier molecular flexibility index (Phi) is 6.15. The smallest absolute Gasteiger partial charge is 0.236 e. The Bertz CT molecular complexity index is 1140. The number of allylic oxidation sites excluding steroid dienone is 1. The number of ketones is 1. The molecule has 2 aromatic rings. The van der Waals surface area contributed by atoms with Crippen LogP contribution in [-0.4, -0.2) is 30.4 Å². The minimum absolute atomic E-state index is 0.0820. The van der Waals surface area contributed by atoms with Gasteiger partial charge in [0.2, 0.25) is 11.7 Å². The van der Waals surface area contributed by atoms with Crippen molar-refractivity contribution in [3.8, 4) is 11.1 Å². The van der Waals surface area contributed by atoms with Gasteiger partial charge in [0.1, 0.15) is 7.05 Å². The zero-order chi connectivity index (χ0) is 22.7. The third-order valence-corrected chi connectivity index (χ3v) is 5.86. The molecule has 0 spiro atoms. The van der Waals surface area contributed by atoms with Crippen LogP contribution in [-0.2, 0) is 9.59 Å². The lowest BCUT2D eigenvalue weighted by molar-refractivity contribution is -0.121. The Morgan fingerprint density at radius 2 is 1.72 bits per heavy atom. The summed E-state index contributed by atoms with van der Waals surface area (Å²) in [5.41, 5.74) is 4.36. The van der Waals surface area contributed by atoms with E-state index in [0.717, 1.165) is 59.7 Å². The van der Waals surface area contributed by atoms with E-state index < -0.39 is 0 Å². The minimum atomic E-state index is -0.252. The highest BCUT2D eigenvalue weighted by Crippen LogP contribution is 2.33. The number of hydrogen-bond donors (Lipinski definition) is 1. The second-order valence-electron chi connectivity index (χ2n) is 8.34. The molecule has 1 atom stereocenters. The molecule has 2 heterocycles. The first kappa shape index (κ1) is 21.8. The second-order valence-corrected chi connectivity index (χ2v) is 8.34. The van der Waals surface area contributed by atoms with E-state index in [1.54, 1.807) is 6.08 Å². The number of hydrogen-bond acceptors (Lipinski definition) is 4. The molecular formula is C26H29N4O2+. The second kappa shape index (κ2) is 9.01. The van der Waals surface area contributed by atoms with Crippen LogP contribution in [0.25, 0.3) is 17.2 Å². The molecule has 6 heteroatoms. The van der Waals surface area contributed by atoms with E-state index in [1.165, 1.54) is 0 Å². The average Bonchev–Trinajstić information content (AvgIpc) is 3.27. The molecule has 0 aliphatic carbocycles. The number of nitrogens with zero attached hydrogens (tertiary/aromatic N) is 3. The van der Waals surface area contributed by atoms with Crippen molar-refractivity contribution in [1.82, 2.24) is 9.91 Å². The summed E-state index contributed by atoms with van der Waals surface area (Å²) < 4.78 is 0.371. The topological polar surface area (TPSA) is 70.9 Å². The Morgan fingerprint density at radius 1 is 1.00 bits per heavy atom. The fourth-order valence-electron chi connectivity index (χ4n) is 4.19. The summed E-state index contributed by atoms with van der Waals surface area (Å²) in [6.45, 7) is 4.31. The third kappa shape index (κ3) is 4.18. The molecule has 2 aromatic carbocycles. The molecule has 2 aliphatic heterocycles. The van der Waals surface area contributed by atoms with E-state index >= 15 is 0 Å². The van der Waals surface area contributed by atoms with Gasteiger partial charge in [-0.15, -0.1) is 4.59 Å². The van der Waals surface area contributed by atoms with Crippen molar-refractivity contribution in [3.63, 3.8) is 0 Å². The largest absolute Gasteiger partial charge is 0.323 e. The van der Waals surface area contributed by atoms with Crippen molar-refractivity contribution in [1.29, 1.82) is 0 Å². The molecule has 0 saturated carbocycles. The van der Waals surface area contributed by atoms with E-state index in [9.17, 15) is 9.59 Å². The highest BCUT2D eigenvalue weighted by Gasteiger charge is 2.38. The van der Waals surface area contributed by atoms with Crippen LogP contribution in [0.2, 0.25) is 0 Å². The number of nitrogens with one attached hydrogen (secondary N) is 1. The number of aliphatic imine (C=N–C) groups is 1. The molecule has 2 aliphatic rings. The van der Waals surface area contributed by atoms with Gasteiger partial charge in [-0.2, -0.15) is 4.99 Å². The quantitative estimate of drug-likeness (QED) is 0.380. The van der Waals surface area contributed by atoms with E-state index in [-0.39, 0.29) is 18.1 Å². The van der Waals surface area contributed by atoms with Crippen molar-refractivity contribution >= 4 is 35.1 Å². The number of rotatable bonds is 7. The van der Waals surface area contributed by atoms with Gasteiger partial charge < -0.3 is 5.32 Å². The van der Waals surface area contributed by atoms with Gasteiger partial charge in [-0.1, -0.05) is 43.2 Å². The monoisotopic (exact) mass is 429 g/mol. The molecule has 1 fully saturated rings. The molecular weight excluding hydrogens is 400 g/mol. The number of benzene rings is 2. The predicted molar refractivity (Wildman–Crippen MR) is 130 cm³/mol. The van der Waals surface area contributed by atoms with Gasteiger partial charge in [0, 0.05) is 25.0 Å². The third-order valence-electron chi connectivity index (χ3n) is 5.86. The van der Waals surface area contributed by atoms with Gasteiger partial charge in [0.05, 0.1) is 12.1 Å². The molecule has 1 saturated heterocycles. The highest BCUT2D eigenvalue weighted by molar-refractivity contribution is 6.17. The zero-order valence-corrected chi connectivity index (χ0v) is 18.9. The molecule has 0 bridgehead atoms. The summed E-state index contributed by atoms with van der Waals surface area (Å²) in [5.74, 6) is 1.57. The molecule has 0 radical (unpaired) electrons. The van der Waals surface area contributed by atoms with Gasteiger partial charge in [-0.05, 0) is 47.7 Å².